The first kappa shape index (κ1) is 12.9. The lowest BCUT2D eigenvalue weighted by Crippen LogP contribution is -2.00. The van der Waals surface area contributed by atoms with E-state index in [-0.39, 0.29) is 38.6 Å². The van der Waals surface area contributed by atoms with Gasteiger partial charge in [-0.25, -0.2) is 0 Å². The van der Waals surface area contributed by atoms with Crippen molar-refractivity contribution in [2.45, 2.75) is 6.92 Å². The van der Waals surface area contributed by atoms with E-state index in [1.54, 1.807) is 0 Å². The van der Waals surface area contributed by atoms with Crippen molar-refractivity contribution in [1.29, 1.82) is 0 Å². The molecule has 0 heterocycles. The predicted molar refractivity (Wildman–Crippen MR) is 61.2 cm³/mol. The first-order chi connectivity index (χ1) is 7.45. The molecule has 4 nitrogen and oxygen atoms in total. The zero-order valence-corrected chi connectivity index (χ0v) is 10.4. The molecule has 0 amide bonds. The number of carbonyl (C=O) groups is 1. The Morgan fingerprint density at radius 1 is 1.12 bits per heavy atom. The summed E-state index contributed by atoms with van der Waals surface area (Å²) < 4.78 is 9.78. The minimum absolute atomic E-state index is 0.0294. The summed E-state index contributed by atoms with van der Waals surface area (Å²) in [4.78, 5) is 11.4. The largest absolute Gasteiger partial charge is 0.502 e. The van der Waals surface area contributed by atoms with Crippen LogP contribution in [0.1, 0.15) is 17.3 Å². The lowest BCUT2D eigenvalue weighted by atomic mass is 10.1. The summed E-state index contributed by atoms with van der Waals surface area (Å²) >= 11 is 11.8. The van der Waals surface area contributed by atoms with Gasteiger partial charge < -0.3 is 14.6 Å². The van der Waals surface area contributed by atoms with E-state index in [9.17, 15) is 9.90 Å². The molecular formula is C10H10Cl2O4. The zero-order chi connectivity index (χ0) is 12.5. The Morgan fingerprint density at radius 3 is 1.75 bits per heavy atom. The quantitative estimate of drug-likeness (QED) is 0.853. The number of halogens is 2. The monoisotopic (exact) mass is 264 g/mol. The van der Waals surface area contributed by atoms with E-state index in [0.29, 0.717) is 0 Å². The summed E-state index contributed by atoms with van der Waals surface area (Å²) in [6.45, 7) is 1.31. The fourth-order valence-electron chi connectivity index (χ4n) is 1.32. The van der Waals surface area contributed by atoms with E-state index < -0.39 is 0 Å². The van der Waals surface area contributed by atoms with Crippen LogP contribution >= 0.6 is 23.2 Å². The smallest absolute Gasteiger partial charge is 0.203 e. The highest BCUT2D eigenvalue weighted by atomic mass is 35.5. The van der Waals surface area contributed by atoms with Crippen molar-refractivity contribution in [2.24, 2.45) is 0 Å². The molecule has 0 atom stereocenters. The SMILES string of the molecule is COc1c(O)c(OC)c(Cl)c(C(C)=O)c1Cl. The molecule has 0 saturated heterocycles. The number of phenols is 1. The van der Waals surface area contributed by atoms with Crippen LogP contribution in [-0.2, 0) is 0 Å². The highest BCUT2D eigenvalue weighted by Crippen LogP contribution is 2.49. The number of benzene rings is 1. The van der Waals surface area contributed by atoms with Crippen LogP contribution in [0.4, 0.5) is 0 Å². The summed E-state index contributed by atoms with van der Waals surface area (Å²) in [5.74, 6) is -0.738. The lowest BCUT2D eigenvalue weighted by molar-refractivity contribution is 0.101. The standard InChI is InChI=1S/C10H10Cl2O4/c1-4(13)5-6(11)9(15-2)8(14)10(16-3)7(5)12/h14H,1-3H3. The van der Waals surface area contributed by atoms with E-state index >= 15 is 0 Å². The number of ether oxygens (including phenoxy) is 2. The predicted octanol–water partition coefficient (Wildman–Crippen LogP) is 2.92. The van der Waals surface area contributed by atoms with Gasteiger partial charge in [-0.3, -0.25) is 4.79 Å². The third kappa shape index (κ3) is 1.90. The van der Waals surface area contributed by atoms with Crippen molar-refractivity contribution in [3.8, 4) is 17.2 Å². The van der Waals surface area contributed by atoms with Crippen molar-refractivity contribution in [2.75, 3.05) is 14.2 Å². The van der Waals surface area contributed by atoms with Gasteiger partial charge in [-0.2, -0.15) is 0 Å². The zero-order valence-electron chi connectivity index (χ0n) is 8.93. The average Bonchev–Trinajstić information content (AvgIpc) is 2.18. The van der Waals surface area contributed by atoms with Gasteiger partial charge in [0.2, 0.25) is 5.75 Å². The summed E-state index contributed by atoms with van der Waals surface area (Å²) in [7, 11) is 2.64. The first-order valence-electron chi connectivity index (χ1n) is 4.28. The molecule has 16 heavy (non-hydrogen) atoms. The van der Waals surface area contributed by atoms with Crippen LogP contribution in [0.3, 0.4) is 0 Å². The highest BCUT2D eigenvalue weighted by molar-refractivity contribution is 6.42. The Kier molecular flexibility index (Phi) is 3.88. The number of methoxy groups -OCH3 is 2. The van der Waals surface area contributed by atoms with E-state index in [1.807, 2.05) is 0 Å². The van der Waals surface area contributed by atoms with Crippen LogP contribution in [0.5, 0.6) is 17.2 Å². The first-order valence-corrected chi connectivity index (χ1v) is 5.04. The lowest BCUT2D eigenvalue weighted by Gasteiger charge is -2.14. The number of carbonyl (C=O) groups excluding carboxylic acids is 1. The molecule has 0 bridgehead atoms. The topological polar surface area (TPSA) is 55.8 Å². The Labute approximate surface area is 103 Å². The highest BCUT2D eigenvalue weighted by Gasteiger charge is 2.25. The Balaban J connectivity index is 3.70. The van der Waals surface area contributed by atoms with Crippen LogP contribution < -0.4 is 9.47 Å². The van der Waals surface area contributed by atoms with Gasteiger partial charge in [0.1, 0.15) is 0 Å². The molecule has 1 N–H and O–H groups in total. The molecular weight excluding hydrogens is 255 g/mol. The molecule has 0 spiro atoms. The van der Waals surface area contributed by atoms with Crippen LogP contribution in [0, 0.1) is 0 Å². The number of hydrogen-bond donors (Lipinski definition) is 1. The second-order valence-corrected chi connectivity index (χ2v) is 3.73. The van der Waals surface area contributed by atoms with Gasteiger partial charge in [-0.1, -0.05) is 23.2 Å². The van der Waals surface area contributed by atoms with E-state index in [2.05, 4.69) is 0 Å². The number of ketones is 1. The van der Waals surface area contributed by atoms with Gasteiger partial charge in [0.15, 0.2) is 17.3 Å². The van der Waals surface area contributed by atoms with Crippen molar-refractivity contribution in [3.63, 3.8) is 0 Å². The van der Waals surface area contributed by atoms with Gasteiger partial charge in [-0.15, -0.1) is 0 Å². The molecule has 0 radical (unpaired) electrons. The van der Waals surface area contributed by atoms with Crippen LogP contribution in [0.25, 0.3) is 0 Å². The second kappa shape index (κ2) is 4.80. The fraction of sp³-hybridized carbons (Fsp3) is 0.300. The number of Topliss-reactive ketones (excluding diaryl/α,β-unsaturated/α-hetero) is 1. The van der Waals surface area contributed by atoms with Crippen molar-refractivity contribution in [3.05, 3.63) is 15.6 Å². The molecule has 1 aromatic rings. The van der Waals surface area contributed by atoms with Crippen molar-refractivity contribution < 1.29 is 19.4 Å². The molecule has 0 saturated carbocycles. The number of hydrogen-bond acceptors (Lipinski definition) is 4. The van der Waals surface area contributed by atoms with Crippen LogP contribution in [0.15, 0.2) is 0 Å². The summed E-state index contributed by atoms with van der Waals surface area (Å²) in [5.41, 5.74) is 0.0647. The minimum Gasteiger partial charge on any atom is -0.502 e. The number of rotatable bonds is 3. The fourth-order valence-corrected chi connectivity index (χ4v) is 2.15. The number of aromatic hydroxyl groups is 1. The van der Waals surface area contributed by atoms with Gasteiger partial charge in [0.25, 0.3) is 0 Å². The second-order valence-electron chi connectivity index (χ2n) is 2.97. The maximum atomic E-state index is 11.4. The maximum absolute atomic E-state index is 11.4. The van der Waals surface area contributed by atoms with Crippen LogP contribution in [-0.4, -0.2) is 25.1 Å². The minimum atomic E-state index is -0.341. The van der Waals surface area contributed by atoms with Crippen molar-refractivity contribution in [1.82, 2.24) is 0 Å². The molecule has 1 rings (SSSR count). The number of phenolic OH excluding ortho intramolecular Hbond substituents is 1. The molecule has 0 aromatic heterocycles. The molecule has 0 aliphatic rings. The maximum Gasteiger partial charge on any atom is 0.203 e. The Hall–Kier alpha value is -1.13. The van der Waals surface area contributed by atoms with E-state index in [1.165, 1.54) is 21.1 Å². The molecule has 0 unspecified atom stereocenters. The Bertz CT molecular complexity index is 412. The van der Waals surface area contributed by atoms with Gasteiger partial charge in [0, 0.05) is 0 Å². The third-order valence-corrected chi connectivity index (χ3v) is 2.75. The molecule has 88 valence electrons. The van der Waals surface area contributed by atoms with Gasteiger partial charge in [0.05, 0.1) is 29.8 Å². The Morgan fingerprint density at radius 2 is 1.50 bits per heavy atom. The third-order valence-electron chi connectivity index (χ3n) is 2.03. The summed E-state index contributed by atoms with van der Waals surface area (Å²) in [5, 5.41) is 9.67. The van der Waals surface area contributed by atoms with Crippen LogP contribution in [0.2, 0.25) is 10.0 Å². The van der Waals surface area contributed by atoms with Gasteiger partial charge >= 0.3 is 0 Å². The summed E-state index contributed by atoms with van der Waals surface area (Å²) in [6, 6.07) is 0. The van der Waals surface area contributed by atoms with Gasteiger partial charge in [-0.05, 0) is 6.92 Å². The molecule has 1 aromatic carbocycles. The van der Waals surface area contributed by atoms with Crippen molar-refractivity contribution >= 4 is 29.0 Å². The molecule has 0 fully saturated rings. The molecule has 0 aliphatic carbocycles. The molecule has 6 heteroatoms. The normalized spacial score (nSPS) is 10.1. The van der Waals surface area contributed by atoms with E-state index in [4.69, 9.17) is 32.7 Å². The van der Waals surface area contributed by atoms with E-state index in [0.717, 1.165) is 0 Å². The summed E-state index contributed by atoms with van der Waals surface area (Å²) in [6.07, 6.45) is 0. The average molecular weight is 265 g/mol. The molecule has 0 aliphatic heterocycles.